The maximum Gasteiger partial charge on any atom is 0.156 e. The van der Waals surface area contributed by atoms with Gasteiger partial charge in [-0.2, -0.15) is 0 Å². The van der Waals surface area contributed by atoms with Crippen LogP contribution in [0.3, 0.4) is 0 Å². The van der Waals surface area contributed by atoms with E-state index in [1.807, 2.05) is 0 Å². The fraction of sp³-hybridized carbons (Fsp3) is 1.00. The topological polar surface area (TPSA) is 54.4 Å². The Morgan fingerprint density at radius 3 is 2.00 bits per heavy atom. The van der Waals surface area contributed by atoms with Crippen molar-refractivity contribution < 1.29 is 13.5 Å². The van der Waals surface area contributed by atoms with Crippen molar-refractivity contribution in [2.75, 3.05) is 0 Å². The Bertz CT molecular complexity index is 349. The molecule has 3 aliphatic rings. The van der Waals surface area contributed by atoms with Crippen molar-refractivity contribution in [1.82, 2.24) is 0 Å². The van der Waals surface area contributed by atoms with Gasteiger partial charge in [-0.3, -0.25) is 0 Å². The Morgan fingerprint density at radius 2 is 1.53 bits per heavy atom. The molecule has 15 heavy (non-hydrogen) atoms. The van der Waals surface area contributed by atoms with E-state index in [0.29, 0.717) is 18.8 Å². The summed E-state index contributed by atoms with van der Waals surface area (Å²) < 4.78 is 24.0. The summed E-state index contributed by atoms with van der Waals surface area (Å²) in [5.41, 5.74) is -0.638. The Morgan fingerprint density at radius 1 is 1.00 bits per heavy atom. The largest absolute Gasteiger partial charge is 0.390 e. The summed E-state index contributed by atoms with van der Waals surface area (Å²) in [4.78, 5) is 0. The lowest BCUT2D eigenvalue weighted by atomic mass is 9.82. The van der Waals surface area contributed by atoms with Crippen LogP contribution in [0.1, 0.15) is 44.9 Å². The van der Waals surface area contributed by atoms with Gasteiger partial charge in [0.2, 0.25) is 0 Å². The molecule has 2 saturated heterocycles. The lowest BCUT2D eigenvalue weighted by molar-refractivity contribution is -0.0113. The monoisotopic (exact) mass is 230 g/mol. The molecule has 86 valence electrons. The predicted molar refractivity (Wildman–Crippen MR) is 57.3 cm³/mol. The molecule has 0 spiro atoms. The lowest BCUT2D eigenvalue weighted by Gasteiger charge is -2.44. The summed E-state index contributed by atoms with van der Waals surface area (Å²) in [6.45, 7) is 0. The summed E-state index contributed by atoms with van der Waals surface area (Å²) in [5.74, 6) is 0.399. The van der Waals surface area contributed by atoms with Crippen LogP contribution in [0.25, 0.3) is 0 Å². The standard InChI is InChI=1S/C11H18O3S/c12-11(8-4-5-8)6-9-2-1-3-10(7-11)15(9,13)14/h8-10,12H,1-7H2. The van der Waals surface area contributed by atoms with Gasteiger partial charge in [0.05, 0.1) is 16.1 Å². The molecule has 4 heteroatoms. The molecule has 1 aliphatic carbocycles. The van der Waals surface area contributed by atoms with Gasteiger partial charge in [0.15, 0.2) is 9.84 Å². The first-order valence-electron chi connectivity index (χ1n) is 5.97. The minimum Gasteiger partial charge on any atom is -0.390 e. The maximum absolute atomic E-state index is 12.0. The molecular weight excluding hydrogens is 212 g/mol. The molecule has 3 fully saturated rings. The van der Waals surface area contributed by atoms with E-state index >= 15 is 0 Å². The second-order valence-corrected chi connectivity index (χ2v) is 8.06. The zero-order chi connectivity index (χ0) is 10.7. The van der Waals surface area contributed by atoms with Gasteiger partial charge < -0.3 is 5.11 Å². The van der Waals surface area contributed by atoms with Gasteiger partial charge in [-0.15, -0.1) is 0 Å². The predicted octanol–water partition coefficient (Wildman–Crippen LogP) is 1.26. The molecule has 2 atom stereocenters. The van der Waals surface area contributed by atoms with Crippen molar-refractivity contribution in [3.63, 3.8) is 0 Å². The number of hydrogen-bond donors (Lipinski definition) is 1. The molecule has 1 saturated carbocycles. The van der Waals surface area contributed by atoms with Crippen LogP contribution >= 0.6 is 0 Å². The van der Waals surface area contributed by atoms with E-state index < -0.39 is 15.4 Å². The quantitative estimate of drug-likeness (QED) is 0.737. The third-order valence-electron chi connectivity index (χ3n) is 4.48. The second-order valence-electron chi connectivity index (χ2n) is 5.55. The van der Waals surface area contributed by atoms with Crippen LogP contribution in [-0.2, 0) is 9.84 Å². The van der Waals surface area contributed by atoms with Gasteiger partial charge in [0, 0.05) is 0 Å². The van der Waals surface area contributed by atoms with Crippen LogP contribution in [0.2, 0.25) is 0 Å². The normalized spacial score (nSPS) is 48.9. The Balaban J connectivity index is 1.92. The average molecular weight is 230 g/mol. The van der Waals surface area contributed by atoms with Crippen molar-refractivity contribution in [2.45, 2.75) is 61.0 Å². The van der Waals surface area contributed by atoms with Crippen LogP contribution in [0.4, 0.5) is 0 Å². The van der Waals surface area contributed by atoms with Crippen molar-refractivity contribution in [2.24, 2.45) is 5.92 Å². The number of aliphatic hydroxyl groups is 1. The average Bonchev–Trinajstić information content (AvgIpc) is 2.90. The zero-order valence-corrected chi connectivity index (χ0v) is 9.67. The smallest absolute Gasteiger partial charge is 0.156 e. The second kappa shape index (κ2) is 2.98. The van der Waals surface area contributed by atoms with Crippen molar-refractivity contribution in [1.29, 1.82) is 0 Å². The summed E-state index contributed by atoms with van der Waals surface area (Å²) in [6.07, 6.45) is 5.77. The maximum atomic E-state index is 12.0. The van der Waals surface area contributed by atoms with Crippen LogP contribution in [0.5, 0.6) is 0 Å². The van der Waals surface area contributed by atoms with Crippen molar-refractivity contribution >= 4 is 9.84 Å². The highest BCUT2D eigenvalue weighted by molar-refractivity contribution is 7.92. The molecule has 0 aromatic carbocycles. The zero-order valence-electron chi connectivity index (χ0n) is 8.85. The van der Waals surface area contributed by atoms with E-state index in [2.05, 4.69) is 0 Å². The minimum absolute atomic E-state index is 0.240. The van der Waals surface area contributed by atoms with Crippen molar-refractivity contribution in [3.05, 3.63) is 0 Å². The lowest BCUT2D eigenvalue weighted by Crippen LogP contribution is -2.52. The number of rotatable bonds is 1. The van der Waals surface area contributed by atoms with Crippen LogP contribution < -0.4 is 0 Å². The van der Waals surface area contributed by atoms with E-state index in [9.17, 15) is 13.5 Å². The minimum atomic E-state index is -2.90. The molecule has 2 heterocycles. The molecule has 2 bridgehead atoms. The Labute approximate surface area is 90.8 Å². The van der Waals surface area contributed by atoms with Crippen LogP contribution in [0.15, 0.2) is 0 Å². The number of fused-ring (bicyclic) bond motifs is 2. The molecular formula is C11H18O3S. The first kappa shape index (κ1) is 10.1. The summed E-state index contributed by atoms with van der Waals surface area (Å²) in [7, 11) is -2.90. The molecule has 0 aromatic rings. The van der Waals surface area contributed by atoms with Gasteiger partial charge in [0.25, 0.3) is 0 Å². The molecule has 0 radical (unpaired) electrons. The van der Waals surface area contributed by atoms with Gasteiger partial charge in [-0.1, -0.05) is 6.42 Å². The van der Waals surface area contributed by atoms with Crippen LogP contribution in [0, 0.1) is 5.92 Å². The third kappa shape index (κ3) is 1.45. The Kier molecular flexibility index (Phi) is 2.00. The molecule has 0 aromatic heterocycles. The van der Waals surface area contributed by atoms with E-state index in [4.69, 9.17) is 0 Å². The fourth-order valence-electron chi connectivity index (χ4n) is 3.44. The van der Waals surface area contributed by atoms with E-state index in [1.54, 1.807) is 0 Å². The van der Waals surface area contributed by atoms with E-state index in [0.717, 1.165) is 32.1 Å². The molecule has 0 amide bonds. The molecule has 3 rings (SSSR count). The number of hydrogen-bond acceptors (Lipinski definition) is 3. The van der Waals surface area contributed by atoms with E-state index in [1.165, 1.54) is 0 Å². The van der Waals surface area contributed by atoms with Gasteiger partial charge in [-0.05, 0) is 44.4 Å². The molecule has 1 N–H and O–H groups in total. The van der Waals surface area contributed by atoms with Gasteiger partial charge in [0.1, 0.15) is 0 Å². The third-order valence-corrected chi connectivity index (χ3v) is 7.14. The van der Waals surface area contributed by atoms with Gasteiger partial charge >= 0.3 is 0 Å². The first-order valence-corrected chi connectivity index (χ1v) is 7.58. The highest BCUT2D eigenvalue weighted by atomic mass is 32.2. The van der Waals surface area contributed by atoms with Crippen LogP contribution in [-0.4, -0.2) is 29.6 Å². The molecule has 2 aliphatic heterocycles. The molecule has 2 unspecified atom stereocenters. The Hall–Kier alpha value is -0.0900. The SMILES string of the molecule is O=S1(=O)C2CCCC1CC(O)(C1CC1)C2. The fourth-order valence-corrected chi connectivity index (χ4v) is 6.01. The van der Waals surface area contributed by atoms with Crippen molar-refractivity contribution in [3.8, 4) is 0 Å². The summed E-state index contributed by atoms with van der Waals surface area (Å²) >= 11 is 0. The van der Waals surface area contributed by atoms with Gasteiger partial charge in [-0.25, -0.2) is 8.42 Å². The summed E-state index contributed by atoms with van der Waals surface area (Å²) in [6, 6.07) is 0. The summed E-state index contributed by atoms with van der Waals surface area (Å²) in [5, 5.41) is 10.0. The highest BCUT2D eigenvalue weighted by Gasteiger charge is 2.55. The molecule has 3 nitrogen and oxygen atoms in total. The van der Waals surface area contributed by atoms with E-state index in [-0.39, 0.29) is 10.5 Å². The first-order chi connectivity index (χ1) is 7.02. The highest BCUT2D eigenvalue weighted by Crippen LogP contribution is 2.51. The number of sulfone groups is 1.